The van der Waals surface area contributed by atoms with Gasteiger partial charge in [0.1, 0.15) is 0 Å². The Morgan fingerprint density at radius 3 is 2.52 bits per heavy atom. The van der Waals surface area contributed by atoms with Crippen LogP contribution >= 0.6 is 11.6 Å². The maximum absolute atomic E-state index is 12.6. The molecule has 0 saturated carbocycles. The third-order valence-corrected chi connectivity index (χ3v) is 5.06. The van der Waals surface area contributed by atoms with Crippen molar-refractivity contribution in [2.24, 2.45) is 0 Å². The van der Waals surface area contributed by atoms with Crippen LogP contribution in [0.4, 0.5) is 0 Å². The molecule has 0 amide bonds. The third kappa shape index (κ3) is 5.06. The molecule has 1 aliphatic heterocycles. The van der Waals surface area contributed by atoms with Gasteiger partial charge in [0.25, 0.3) is 0 Å². The fourth-order valence-corrected chi connectivity index (χ4v) is 3.49. The van der Waals surface area contributed by atoms with Gasteiger partial charge < -0.3 is 4.74 Å². The number of Topliss-reactive ketones (excluding diaryl/α,β-unsaturated/α-hetero) is 1. The van der Waals surface area contributed by atoms with Crippen molar-refractivity contribution in [2.45, 2.75) is 18.9 Å². The molecule has 0 N–H and O–H groups in total. The third-order valence-electron chi connectivity index (χ3n) is 4.81. The molecule has 1 saturated heterocycles. The van der Waals surface area contributed by atoms with E-state index in [4.69, 9.17) is 11.6 Å². The van der Waals surface area contributed by atoms with Crippen molar-refractivity contribution in [1.29, 1.82) is 0 Å². The lowest BCUT2D eigenvalue weighted by Gasteiger charge is -2.24. The van der Waals surface area contributed by atoms with E-state index in [1.165, 1.54) is 18.7 Å². The highest BCUT2D eigenvalue weighted by Crippen LogP contribution is 2.32. The van der Waals surface area contributed by atoms with E-state index in [0.717, 1.165) is 24.9 Å². The molecule has 1 heterocycles. The highest BCUT2D eigenvalue weighted by atomic mass is 35.5. The highest BCUT2D eigenvalue weighted by molar-refractivity contribution is 6.30. The number of benzene rings is 2. The molecule has 0 radical (unpaired) electrons. The zero-order valence-corrected chi connectivity index (χ0v) is 16.0. The molecule has 0 aliphatic carbocycles. The van der Waals surface area contributed by atoms with Crippen molar-refractivity contribution < 1.29 is 14.3 Å². The predicted molar refractivity (Wildman–Crippen MR) is 107 cm³/mol. The molecular weight excluding hydrogens is 362 g/mol. The van der Waals surface area contributed by atoms with Gasteiger partial charge in [-0.3, -0.25) is 9.69 Å². The lowest BCUT2D eigenvalue weighted by molar-refractivity contribution is -0.134. The molecule has 3 rings (SSSR count). The number of nitrogens with zero attached hydrogens (tertiary/aromatic N) is 1. The maximum atomic E-state index is 12.6. The number of carbonyl (C=O) groups is 2. The summed E-state index contributed by atoms with van der Waals surface area (Å²) in [7, 11) is 1.36. The van der Waals surface area contributed by atoms with Gasteiger partial charge in [-0.05, 0) is 60.9 Å². The SMILES string of the molecule is COC(=O)/C=C/c1ccc([C@@H]2CCCN2CC(=O)c2ccc(Cl)cc2)cc1. The van der Waals surface area contributed by atoms with Crippen molar-refractivity contribution in [3.8, 4) is 0 Å². The average Bonchev–Trinajstić information content (AvgIpc) is 3.15. The molecule has 2 aromatic rings. The summed E-state index contributed by atoms with van der Waals surface area (Å²) in [4.78, 5) is 26.0. The van der Waals surface area contributed by atoms with Crippen molar-refractivity contribution in [3.63, 3.8) is 0 Å². The van der Waals surface area contributed by atoms with Gasteiger partial charge in [-0.15, -0.1) is 0 Å². The van der Waals surface area contributed by atoms with Gasteiger partial charge in [-0.25, -0.2) is 4.79 Å². The lowest BCUT2D eigenvalue weighted by Crippen LogP contribution is -2.29. The Morgan fingerprint density at radius 2 is 1.85 bits per heavy atom. The Morgan fingerprint density at radius 1 is 1.15 bits per heavy atom. The van der Waals surface area contributed by atoms with E-state index in [0.29, 0.717) is 17.1 Å². The second-order valence-corrected chi connectivity index (χ2v) is 7.02. The van der Waals surface area contributed by atoms with Gasteiger partial charge in [0.15, 0.2) is 5.78 Å². The van der Waals surface area contributed by atoms with Crippen LogP contribution in [0.5, 0.6) is 0 Å². The number of ether oxygens (including phenoxy) is 1. The van der Waals surface area contributed by atoms with Crippen molar-refractivity contribution >= 4 is 29.4 Å². The minimum atomic E-state index is -0.373. The second-order valence-electron chi connectivity index (χ2n) is 6.58. The first-order chi connectivity index (χ1) is 13.1. The number of likely N-dealkylation sites (tertiary alicyclic amines) is 1. The number of methoxy groups -OCH3 is 1. The quantitative estimate of drug-likeness (QED) is 0.417. The van der Waals surface area contributed by atoms with E-state index in [-0.39, 0.29) is 17.8 Å². The average molecular weight is 384 g/mol. The summed E-state index contributed by atoms with van der Waals surface area (Å²) in [6, 6.07) is 15.4. The first-order valence-corrected chi connectivity index (χ1v) is 9.33. The van der Waals surface area contributed by atoms with Crippen LogP contribution in [-0.2, 0) is 9.53 Å². The van der Waals surface area contributed by atoms with E-state index in [1.54, 1.807) is 30.3 Å². The fourth-order valence-electron chi connectivity index (χ4n) is 3.37. The highest BCUT2D eigenvalue weighted by Gasteiger charge is 2.27. The van der Waals surface area contributed by atoms with Crippen LogP contribution in [0.1, 0.15) is 40.4 Å². The molecule has 4 nitrogen and oxygen atoms in total. The van der Waals surface area contributed by atoms with E-state index in [9.17, 15) is 9.59 Å². The number of hydrogen-bond donors (Lipinski definition) is 0. The van der Waals surface area contributed by atoms with Crippen LogP contribution in [0.3, 0.4) is 0 Å². The van der Waals surface area contributed by atoms with Gasteiger partial charge in [0.2, 0.25) is 0 Å². The van der Waals surface area contributed by atoms with E-state index in [2.05, 4.69) is 21.8 Å². The summed E-state index contributed by atoms with van der Waals surface area (Å²) in [5, 5.41) is 0.631. The topological polar surface area (TPSA) is 46.6 Å². The predicted octanol–water partition coefficient (Wildman–Crippen LogP) is 4.55. The second kappa shape index (κ2) is 8.98. The molecule has 1 fully saturated rings. The van der Waals surface area contributed by atoms with Gasteiger partial charge in [-0.2, -0.15) is 0 Å². The number of ketones is 1. The monoisotopic (exact) mass is 383 g/mol. The summed E-state index contributed by atoms with van der Waals surface area (Å²) in [6.07, 6.45) is 5.24. The molecule has 0 unspecified atom stereocenters. The van der Waals surface area contributed by atoms with Crippen LogP contribution in [0.2, 0.25) is 5.02 Å². The van der Waals surface area contributed by atoms with Crippen molar-refractivity contribution in [2.75, 3.05) is 20.2 Å². The van der Waals surface area contributed by atoms with Crippen molar-refractivity contribution in [1.82, 2.24) is 4.90 Å². The van der Waals surface area contributed by atoms with E-state index < -0.39 is 0 Å². The van der Waals surface area contributed by atoms with Crippen LogP contribution in [0, 0.1) is 0 Å². The van der Waals surface area contributed by atoms with Crippen LogP contribution in [0.25, 0.3) is 6.08 Å². The first kappa shape index (κ1) is 19.3. The normalized spacial score (nSPS) is 17.3. The summed E-state index contributed by atoms with van der Waals surface area (Å²) in [6.45, 7) is 1.31. The van der Waals surface area contributed by atoms with Gasteiger partial charge in [0, 0.05) is 22.7 Å². The number of hydrogen-bond acceptors (Lipinski definition) is 4. The van der Waals surface area contributed by atoms with Crippen LogP contribution in [-0.4, -0.2) is 36.9 Å². The standard InChI is InChI=1S/C22H22ClNO3/c1-27-22(26)13-6-16-4-7-17(8-5-16)20-3-2-14-24(20)15-21(25)18-9-11-19(23)12-10-18/h4-13,20H,2-3,14-15H2,1H3/b13-6+/t20-/m0/s1. The molecule has 0 aromatic heterocycles. The van der Waals surface area contributed by atoms with Gasteiger partial charge in [0.05, 0.1) is 13.7 Å². The Hall–Kier alpha value is -2.43. The smallest absolute Gasteiger partial charge is 0.330 e. The number of halogens is 1. The van der Waals surface area contributed by atoms with Crippen LogP contribution in [0.15, 0.2) is 54.6 Å². The van der Waals surface area contributed by atoms with Crippen LogP contribution < -0.4 is 0 Å². The molecule has 2 aromatic carbocycles. The zero-order valence-electron chi connectivity index (χ0n) is 15.2. The Balaban J connectivity index is 1.67. The molecule has 1 aliphatic rings. The fraction of sp³-hybridized carbons (Fsp3) is 0.273. The van der Waals surface area contributed by atoms with Gasteiger partial charge >= 0.3 is 5.97 Å². The summed E-state index contributed by atoms with van der Waals surface area (Å²) < 4.78 is 4.60. The number of rotatable bonds is 6. The Kier molecular flexibility index (Phi) is 6.43. The maximum Gasteiger partial charge on any atom is 0.330 e. The Bertz CT molecular complexity index is 828. The Labute approximate surface area is 164 Å². The molecule has 0 spiro atoms. The lowest BCUT2D eigenvalue weighted by atomic mass is 10.0. The summed E-state index contributed by atoms with van der Waals surface area (Å²) in [5.41, 5.74) is 2.81. The minimum absolute atomic E-state index is 0.108. The number of carbonyl (C=O) groups excluding carboxylic acids is 2. The largest absolute Gasteiger partial charge is 0.466 e. The zero-order chi connectivity index (χ0) is 19.2. The molecule has 0 bridgehead atoms. The molecule has 140 valence electrons. The minimum Gasteiger partial charge on any atom is -0.466 e. The molecule has 27 heavy (non-hydrogen) atoms. The summed E-state index contributed by atoms with van der Waals surface area (Å²) in [5.74, 6) is -0.266. The number of esters is 1. The molecular formula is C22H22ClNO3. The van der Waals surface area contributed by atoms with E-state index >= 15 is 0 Å². The van der Waals surface area contributed by atoms with Gasteiger partial charge in [-0.1, -0.05) is 35.9 Å². The molecule has 1 atom stereocenters. The van der Waals surface area contributed by atoms with E-state index in [1.807, 2.05) is 12.1 Å². The molecule has 5 heteroatoms. The van der Waals surface area contributed by atoms with Crippen molar-refractivity contribution in [3.05, 3.63) is 76.3 Å². The summed E-state index contributed by atoms with van der Waals surface area (Å²) >= 11 is 5.90. The first-order valence-electron chi connectivity index (χ1n) is 8.95.